The van der Waals surface area contributed by atoms with Gasteiger partial charge in [-0.15, -0.1) is 0 Å². The lowest BCUT2D eigenvalue weighted by molar-refractivity contribution is 0.224. The summed E-state index contributed by atoms with van der Waals surface area (Å²) in [5, 5.41) is 3.96. The third kappa shape index (κ3) is 4.34. The molecule has 1 N–H and O–H groups in total. The van der Waals surface area contributed by atoms with Crippen molar-refractivity contribution in [2.45, 2.75) is 26.9 Å². The third-order valence-corrected chi connectivity index (χ3v) is 1.97. The molecule has 0 atom stereocenters. The van der Waals surface area contributed by atoms with Gasteiger partial charge >= 0.3 is 0 Å². The zero-order valence-electron chi connectivity index (χ0n) is 10.9. The van der Waals surface area contributed by atoms with E-state index in [0.717, 1.165) is 17.1 Å². The molecule has 1 rings (SSSR count). The van der Waals surface area contributed by atoms with Crippen LogP contribution in [-0.4, -0.2) is 26.0 Å². The van der Waals surface area contributed by atoms with Gasteiger partial charge in [-0.1, -0.05) is 0 Å². The van der Waals surface area contributed by atoms with Gasteiger partial charge in [0.2, 0.25) is 0 Å². The zero-order chi connectivity index (χ0) is 12.7. The topological polar surface area (TPSA) is 42.8 Å². The van der Waals surface area contributed by atoms with Crippen LogP contribution < -0.4 is 14.9 Å². The normalized spacial score (nSPS) is 10.9. The molecule has 1 aromatic rings. The molecule has 0 saturated carbocycles. The summed E-state index contributed by atoms with van der Waals surface area (Å²) in [5.41, 5.74) is 3.68. The lowest BCUT2D eigenvalue weighted by atomic mass is 10.2. The third-order valence-electron chi connectivity index (χ3n) is 1.97. The molecule has 0 saturated heterocycles. The fourth-order valence-electron chi connectivity index (χ4n) is 1.36. The van der Waals surface area contributed by atoms with E-state index in [2.05, 4.69) is 10.5 Å². The molecule has 0 heterocycles. The van der Waals surface area contributed by atoms with Crippen LogP contribution in [0.3, 0.4) is 0 Å². The summed E-state index contributed by atoms with van der Waals surface area (Å²) in [6.45, 7) is 6.55. The van der Waals surface area contributed by atoms with Crippen LogP contribution in [0.1, 0.15) is 26.3 Å². The molecule has 0 aliphatic heterocycles. The monoisotopic (exact) mass is 236 g/mol. The van der Waals surface area contributed by atoms with Crippen molar-refractivity contribution in [2.75, 3.05) is 13.7 Å². The molecule has 0 radical (unpaired) electrons. The molecule has 0 bridgehead atoms. The van der Waals surface area contributed by atoms with E-state index < -0.39 is 0 Å². The molecule has 0 aliphatic rings. The maximum Gasteiger partial charge on any atom is 0.161 e. The van der Waals surface area contributed by atoms with Gasteiger partial charge in [-0.3, -0.25) is 0 Å². The fraction of sp³-hybridized carbons (Fsp3) is 0.462. The van der Waals surface area contributed by atoms with Gasteiger partial charge in [0.1, 0.15) is 0 Å². The van der Waals surface area contributed by atoms with Crippen molar-refractivity contribution < 1.29 is 9.47 Å². The Hall–Kier alpha value is -1.71. The van der Waals surface area contributed by atoms with Gasteiger partial charge in [0.05, 0.1) is 18.9 Å². The smallest absolute Gasteiger partial charge is 0.161 e. The summed E-state index contributed by atoms with van der Waals surface area (Å²) in [5.74, 6) is 1.52. The van der Waals surface area contributed by atoms with Crippen LogP contribution in [0.15, 0.2) is 23.3 Å². The van der Waals surface area contributed by atoms with Crippen molar-refractivity contribution in [3.63, 3.8) is 0 Å². The highest BCUT2D eigenvalue weighted by Crippen LogP contribution is 2.28. The van der Waals surface area contributed by atoms with E-state index in [9.17, 15) is 0 Å². The number of hydrazone groups is 1. The Morgan fingerprint density at radius 2 is 2.12 bits per heavy atom. The van der Waals surface area contributed by atoms with Crippen molar-refractivity contribution in [3.05, 3.63) is 23.8 Å². The van der Waals surface area contributed by atoms with Crippen LogP contribution in [0.4, 0.5) is 0 Å². The second-order valence-electron chi connectivity index (χ2n) is 3.79. The van der Waals surface area contributed by atoms with E-state index in [4.69, 9.17) is 9.47 Å². The van der Waals surface area contributed by atoms with Gasteiger partial charge < -0.3 is 14.9 Å². The minimum Gasteiger partial charge on any atom is -0.490 e. The molecule has 4 heteroatoms. The predicted molar refractivity (Wildman–Crippen MR) is 70.0 cm³/mol. The Labute approximate surface area is 103 Å². The summed E-state index contributed by atoms with van der Waals surface area (Å²) in [6, 6.07) is 5.77. The highest BCUT2D eigenvalue weighted by Gasteiger charge is 2.07. The molecule has 0 aliphatic carbocycles. The number of ether oxygens (including phenoxy) is 2. The van der Waals surface area contributed by atoms with Gasteiger partial charge in [-0.2, -0.15) is 5.10 Å². The van der Waals surface area contributed by atoms with Crippen LogP contribution in [0, 0.1) is 0 Å². The van der Waals surface area contributed by atoms with Crippen molar-refractivity contribution >= 4 is 6.21 Å². The average Bonchev–Trinajstić information content (AvgIpc) is 2.29. The molecule has 17 heavy (non-hydrogen) atoms. The van der Waals surface area contributed by atoms with Gasteiger partial charge in [-0.25, -0.2) is 0 Å². The minimum atomic E-state index is 0.131. The van der Waals surface area contributed by atoms with Crippen LogP contribution in [-0.2, 0) is 0 Å². The second kappa shape index (κ2) is 6.78. The predicted octanol–water partition coefficient (Wildman–Crippen LogP) is 2.43. The molecule has 94 valence electrons. The van der Waals surface area contributed by atoms with Crippen molar-refractivity contribution in [2.24, 2.45) is 5.10 Å². The zero-order valence-corrected chi connectivity index (χ0v) is 10.9. The van der Waals surface area contributed by atoms with Crippen molar-refractivity contribution in [1.82, 2.24) is 5.43 Å². The molecule has 0 aromatic heterocycles. The van der Waals surface area contributed by atoms with Gasteiger partial charge in [0.15, 0.2) is 11.5 Å². The van der Waals surface area contributed by atoms with Crippen LogP contribution in [0.25, 0.3) is 0 Å². The maximum absolute atomic E-state index is 5.67. The largest absolute Gasteiger partial charge is 0.490 e. The summed E-state index contributed by atoms with van der Waals surface area (Å²) in [6.07, 6.45) is 1.87. The summed E-state index contributed by atoms with van der Waals surface area (Å²) in [4.78, 5) is 0. The fourth-order valence-corrected chi connectivity index (χ4v) is 1.36. The lowest BCUT2D eigenvalue weighted by Gasteiger charge is -2.14. The molecular weight excluding hydrogens is 216 g/mol. The van der Waals surface area contributed by atoms with E-state index >= 15 is 0 Å². The van der Waals surface area contributed by atoms with E-state index in [1.807, 2.05) is 39.0 Å². The summed E-state index contributed by atoms with van der Waals surface area (Å²) < 4.78 is 11.2. The molecule has 0 amide bonds. The minimum absolute atomic E-state index is 0.131. The summed E-state index contributed by atoms with van der Waals surface area (Å²) in [7, 11) is 1.76. The van der Waals surface area contributed by atoms with Crippen molar-refractivity contribution in [1.29, 1.82) is 0 Å². The first-order valence-electron chi connectivity index (χ1n) is 5.80. The lowest BCUT2D eigenvalue weighted by Crippen LogP contribution is -2.07. The standard InChI is InChI=1S/C13H20N2O2/c1-5-16-13-8-11(9-15-14-4)6-7-12(13)17-10(2)3/h6-10,14H,5H2,1-4H3/b15-9+. The summed E-state index contributed by atoms with van der Waals surface area (Å²) >= 11 is 0. The number of nitrogens with zero attached hydrogens (tertiary/aromatic N) is 1. The van der Waals surface area contributed by atoms with E-state index in [1.165, 1.54) is 0 Å². The Morgan fingerprint density at radius 1 is 1.35 bits per heavy atom. The van der Waals surface area contributed by atoms with Crippen LogP contribution in [0.2, 0.25) is 0 Å². The Kier molecular flexibility index (Phi) is 5.33. The van der Waals surface area contributed by atoms with E-state index in [1.54, 1.807) is 13.3 Å². The Morgan fingerprint density at radius 3 is 2.71 bits per heavy atom. The number of nitrogens with one attached hydrogen (secondary N) is 1. The number of hydrogen-bond acceptors (Lipinski definition) is 4. The molecular formula is C13H20N2O2. The Bertz CT molecular complexity index is 376. The molecule has 0 unspecified atom stereocenters. The first-order chi connectivity index (χ1) is 8.17. The molecule has 1 aromatic carbocycles. The molecule has 0 spiro atoms. The van der Waals surface area contributed by atoms with Gasteiger partial charge in [-0.05, 0) is 44.5 Å². The Balaban J connectivity index is 2.94. The van der Waals surface area contributed by atoms with Gasteiger partial charge in [0, 0.05) is 7.05 Å². The van der Waals surface area contributed by atoms with Gasteiger partial charge in [0.25, 0.3) is 0 Å². The SMILES string of the molecule is CCOc1cc(/C=N/NC)ccc1OC(C)C. The van der Waals surface area contributed by atoms with Crippen LogP contribution in [0.5, 0.6) is 11.5 Å². The highest BCUT2D eigenvalue weighted by molar-refractivity contribution is 5.80. The quantitative estimate of drug-likeness (QED) is 0.609. The van der Waals surface area contributed by atoms with Crippen LogP contribution >= 0.6 is 0 Å². The average molecular weight is 236 g/mol. The van der Waals surface area contributed by atoms with Crippen molar-refractivity contribution in [3.8, 4) is 11.5 Å². The first kappa shape index (κ1) is 13.4. The first-order valence-corrected chi connectivity index (χ1v) is 5.80. The number of rotatable bonds is 6. The van der Waals surface area contributed by atoms with E-state index in [-0.39, 0.29) is 6.10 Å². The second-order valence-corrected chi connectivity index (χ2v) is 3.79. The number of benzene rings is 1. The highest BCUT2D eigenvalue weighted by atomic mass is 16.5. The molecule has 0 fully saturated rings. The molecule has 4 nitrogen and oxygen atoms in total. The van der Waals surface area contributed by atoms with E-state index in [0.29, 0.717) is 6.61 Å². The number of hydrogen-bond donors (Lipinski definition) is 1. The maximum atomic E-state index is 5.67.